The number of esters is 1. The van der Waals surface area contributed by atoms with Crippen molar-refractivity contribution in [2.45, 2.75) is 6.92 Å². The Kier molecular flexibility index (Phi) is 6.67. The topological polar surface area (TPSA) is 72.7 Å². The molecule has 112 valence electrons. The highest BCUT2D eigenvalue weighted by atomic mass is 16.6. The highest BCUT2D eigenvalue weighted by molar-refractivity contribution is 5.81. The first kappa shape index (κ1) is 16.4. The zero-order valence-corrected chi connectivity index (χ0v) is 11.9. The van der Waals surface area contributed by atoms with Crippen molar-refractivity contribution >= 4 is 17.7 Å². The zero-order chi connectivity index (χ0) is 15.7. The Morgan fingerprint density at radius 2 is 2.10 bits per heavy atom. The number of benzene rings is 1. The van der Waals surface area contributed by atoms with E-state index in [0.717, 1.165) is 30.1 Å². The molecule has 0 N–H and O–H groups in total. The van der Waals surface area contributed by atoms with Crippen molar-refractivity contribution < 1.29 is 14.5 Å². The second-order valence-corrected chi connectivity index (χ2v) is 4.14. The fraction of sp³-hybridized carbons (Fsp3) is 0.267. The monoisotopic (exact) mass is 290 g/mol. The third-order valence-corrected chi connectivity index (χ3v) is 2.80. The summed E-state index contributed by atoms with van der Waals surface area (Å²) in [6.45, 7) is 6.94. The van der Waals surface area contributed by atoms with Crippen molar-refractivity contribution in [1.82, 2.24) is 0 Å². The van der Waals surface area contributed by atoms with Gasteiger partial charge in [-0.25, -0.2) is 4.79 Å². The predicted octanol–water partition coefficient (Wildman–Crippen LogP) is 2.49. The molecule has 0 saturated carbocycles. The molecule has 0 atom stereocenters. The lowest BCUT2D eigenvalue weighted by atomic mass is 10.2. The highest BCUT2D eigenvalue weighted by Crippen LogP contribution is 2.15. The molecule has 0 aromatic heterocycles. The molecule has 0 bridgehead atoms. The number of nitrogens with zero attached hydrogens (tertiary/aromatic N) is 2. The average molecular weight is 290 g/mol. The molecule has 0 unspecified atom stereocenters. The summed E-state index contributed by atoms with van der Waals surface area (Å²) in [5.41, 5.74) is 1.72. The molecule has 0 saturated heterocycles. The minimum absolute atomic E-state index is 0.279. The van der Waals surface area contributed by atoms with Crippen LogP contribution in [0.1, 0.15) is 12.5 Å². The van der Waals surface area contributed by atoms with E-state index in [1.807, 2.05) is 24.0 Å². The van der Waals surface area contributed by atoms with E-state index in [-0.39, 0.29) is 6.61 Å². The third kappa shape index (κ3) is 5.90. The number of nitro groups is 1. The van der Waals surface area contributed by atoms with Crippen LogP contribution in [-0.2, 0) is 9.53 Å². The fourth-order valence-electron chi connectivity index (χ4n) is 1.73. The van der Waals surface area contributed by atoms with Gasteiger partial charge < -0.3 is 9.64 Å². The second kappa shape index (κ2) is 8.52. The second-order valence-electron chi connectivity index (χ2n) is 4.14. The van der Waals surface area contributed by atoms with Crippen LogP contribution in [0.4, 0.5) is 5.69 Å². The van der Waals surface area contributed by atoms with Crippen LogP contribution < -0.4 is 4.90 Å². The maximum Gasteiger partial charge on any atom is 0.330 e. The number of carbonyl (C=O) groups excluding carboxylic acids is 1. The van der Waals surface area contributed by atoms with E-state index >= 15 is 0 Å². The van der Waals surface area contributed by atoms with Crippen LogP contribution >= 0.6 is 0 Å². The first-order valence-corrected chi connectivity index (χ1v) is 6.52. The molecule has 0 amide bonds. The van der Waals surface area contributed by atoms with Gasteiger partial charge >= 0.3 is 5.97 Å². The summed E-state index contributed by atoms with van der Waals surface area (Å²) in [6, 6.07) is 7.35. The van der Waals surface area contributed by atoms with Gasteiger partial charge in [-0.1, -0.05) is 18.7 Å². The number of hydrogen-bond donors (Lipinski definition) is 0. The Labute approximate surface area is 123 Å². The van der Waals surface area contributed by atoms with Gasteiger partial charge in [0.25, 0.3) is 0 Å². The summed E-state index contributed by atoms with van der Waals surface area (Å²) >= 11 is 0. The summed E-state index contributed by atoms with van der Waals surface area (Å²) in [4.78, 5) is 22.8. The smallest absolute Gasteiger partial charge is 0.330 e. The van der Waals surface area contributed by atoms with Crippen molar-refractivity contribution in [3.63, 3.8) is 0 Å². The van der Waals surface area contributed by atoms with Gasteiger partial charge in [0, 0.05) is 24.4 Å². The number of likely N-dealkylation sites (N-methyl/N-ethyl adjacent to an activating group) is 1. The summed E-state index contributed by atoms with van der Waals surface area (Å²) in [6.07, 6.45) is 3.47. The standard InChI is InChI=1S/C15H18N2O4/c1-3-15(18)21-12-11-16(4-2)14-7-5-13(6-8-14)9-10-17(19)20/h3,5-10H,1,4,11-12H2,2H3. The molecule has 0 spiro atoms. The minimum atomic E-state index is -0.500. The Hall–Kier alpha value is -2.63. The number of anilines is 1. The maximum atomic E-state index is 11.0. The van der Waals surface area contributed by atoms with Crippen molar-refractivity contribution in [2.75, 3.05) is 24.6 Å². The van der Waals surface area contributed by atoms with E-state index in [0.29, 0.717) is 6.54 Å². The van der Waals surface area contributed by atoms with Crippen LogP contribution in [0.2, 0.25) is 0 Å². The van der Waals surface area contributed by atoms with E-state index in [1.165, 1.54) is 6.08 Å². The first-order chi connectivity index (χ1) is 10.1. The lowest BCUT2D eigenvalue weighted by Gasteiger charge is -2.22. The Morgan fingerprint density at radius 1 is 1.43 bits per heavy atom. The van der Waals surface area contributed by atoms with Gasteiger partial charge in [0.15, 0.2) is 0 Å². The molecule has 6 heteroatoms. The van der Waals surface area contributed by atoms with Gasteiger partial charge in [-0.2, -0.15) is 0 Å². The quantitative estimate of drug-likeness (QED) is 0.318. The van der Waals surface area contributed by atoms with Crippen molar-refractivity contribution in [2.24, 2.45) is 0 Å². The predicted molar refractivity (Wildman–Crippen MR) is 81.5 cm³/mol. The van der Waals surface area contributed by atoms with Gasteiger partial charge in [0.05, 0.1) is 11.5 Å². The van der Waals surface area contributed by atoms with Crippen LogP contribution in [-0.4, -0.2) is 30.6 Å². The molecule has 1 aromatic rings. The average Bonchev–Trinajstić information content (AvgIpc) is 2.50. The Balaban J connectivity index is 2.62. The Morgan fingerprint density at radius 3 is 2.62 bits per heavy atom. The highest BCUT2D eigenvalue weighted by Gasteiger charge is 2.05. The lowest BCUT2D eigenvalue weighted by Crippen LogP contribution is -2.27. The van der Waals surface area contributed by atoms with Crippen LogP contribution in [0, 0.1) is 10.1 Å². The minimum Gasteiger partial charge on any atom is -0.461 e. The zero-order valence-electron chi connectivity index (χ0n) is 11.9. The van der Waals surface area contributed by atoms with E-state index in [1.54, 1.807) is 12.1 Å². The molecule has 0 aliphatic carbocycles. The number of carbonyl (C=O) groups is 1. The van der Waals surface area contributed by atoms with Crippen LogP contribution in [0.25, 0.3) is 6.08 Å². The molecule has 6 nitrogen and oxygen atoms in total. The fourth-order valence-corrected chi connectivity index (χ4v) is 1.73. The molecular weight excluding hydrogens is 272 g/mol. The van der Waals surface area contributed by atoms with Gasteiger partial charge in [0.2, 0.25) is 6.20 Å². The SMILES string of the molecule is C=CC(=O)OCCN(CC)c1ccc(C=C[N+](=O)[O-])cc1. The van der Waals surface area contributed by atoms with Gasteiger partial charge in [-0.05, 0) is 24.6 Å². The van der Waals surface area contributed by atoms with E-state index < -0.39 is 10.9 Å². The van der Waals surface area contributed by atoms with Crippen LogP contribution in [0.5, 0.6) is 0 Å². The largest absolute Gasteiger partial charge is 0.461 e. The van der Waals surface area contributed by atoms with E-state index in [4.69, 9.17) is 4.74 Å². The van der Waals surface area contributed by atoms with Crippen molar-refractivity contribution in [3.8, 4) is 0 Å². The molecule has 0 radical (unpaired) electrons. The van der Waals surface area contributed by atoms with Gasteiger partial charge in [0.1, 0.15) is 6.61 Å². The van der Waals surface area contributed by atoms with Gasteiger partial charge in [-0.3, -0.25) is 10.1 Å². The molecule has 21 heavy (non-hydrogen) atoms. The molecule has 0 fully saturated rings. The lowest BCUT2D eigenvalue weighted by molar-refractivity contribution is -0.400. The summed E-state index contributed by atoms with van der Waals surface area (Å²) in [5.74, 6) is -0.439. The number of ether oxygens (including phenoxy) is 1. The van der Waals surface area contributed by atoms with Crippen molar-refractivity contribution in [3.05, 3.63) is 58.8 Å². The molecular formula is C15H18N2O4. The van der Waals surface area contributed by atoms with E-state index in [9.17, 15) is 14.9 Å². The first-order valence-electron chi connectivity index (χ1n) is 6.52. The third-order valence-electron chi connectivity index (χ3n) is 2.80. The number of hydrogen-bond acceptors (Lipinski definition) is 5. The van der Waals surface area contributed by atoms with Crippen molar-refractivity contribution in [1.29, 1.82) is 0 Å². The number of rotatable bonds is 8. The van der Waals surface area contributed by atoms with Crippen LogP contribution in [0.3, 0.4) is 0 Å². The molecule has 1 aromatic carbocycles. The summed E-state index contributed by atoms with van der Waals surface area (Å²) in [5, 5.41) is 10.3. The van der Waals surface area contributed by atoms with Gasteiger partial charge in [-0.15, -0.1) is 0 Å². The summed E-state index contributed by atoms with van der Waals surface area (Å²) < 4.78 is 4.95. The van der Waals surface area contributed by atoms with Crippen LogP contribution in [0.15, 0.2) is 43.1 Å². The van der Waals surface area contributed by atoms with E-state index in [2.05, 4.69) is 6.58 Å². The molecule has 1 rings (SSSR count). The normalized spacial score (nSPS) is 10.3. The Bertz CT molecular complexity index is 523. The maximum absolute atomic E-state index is 11.0. The molecule has 0 heterocycles. The molecule has 0 aliphatic heterocycles. The summed E-state index contributed by atoms with van der Waals surface area (Å²) in [7, 11) is 0. The molecule has 0 aliphatic rings.